The molecule has 2 N–H and O–H groups in total. The molecular formula is C16H15N3O3S3. The van der Waals surface area contributed by atoms with E-state index in [0.29, 0.717) is 16.4 Å². The summed E-state index contributed by atoms with van der Waals surface area (Å²) in [7, 11) is -3.70. The van der Waals surface area contributed by atoms with E-state index in [2.05, 4.69) is 15.0 Å². The number of nitrogens with one attached hydrogen (secondary N) is 2. The highest BCUT2D eigenvalue weighted by molar-refractivity contribution is 7.93. The molecule has 0 atom stereocenters. The number of benzene rings is 1. The number of thiazole rings is 1. The normalized spacial score (nSPS) is 11.3. The van der Waals surface area contributed by atoms with E-state index >= 15 is 0 Å². The van der Waals surface area contributed by atoms with Crippen LogP contribution in [0.3, 0.4) is 0 Å². The minimum absolute atomic E-state index is 0.100. The number of carbonyl (C=O) groups is 1. The van der Waals surface area contributed by atoms with E-state index in [1.165, 1.54) is 41.0 Å². The molecule has 25 heavy (non-hydrogen) atoms. The van der Waals surface area contributed by atoms with Crippen molar-refractivity contribution in [2.45, 2.75) is 18.7 Å². The van der Waals surface area contributed by atoms with Crippen molar-refractivity contribution >= 4 is 49.4 Å². The van der Waals surface area contributed by atoms with Crippen LogP contribution in [-0.2, 0) is 10.0 Å². The molecule has 0 aliphatic rings. The quantitative estimate of drug-likeness (QED) is 0.689. The molecule has 0 aliphatic heterocycles. The molecule has 2 heterocycles. The first kappa shape index (κ1) is 17.6. The van der Waals surface area contributed by atoms with Crippen LogP contribution in [0.2, 0.25) is 0 Å². The highest BCUT2D eigenvalue weighted by Crippen LogP contribution is 2.23. The maximum absolute atomic E-state index is 12.3. The molecular weight excluding hydrogens is 378 g/mol. The number of carbonyl (C=O) groups excluding carboxylic acids is 1. The van der Waals surface area contributed by atoms with Crippen molar-refractivity contribution in [3.8, 4) is 0 Å². The highest BCUT2D eigenvalue weighted by Gasteiger charge is 2.16. The maximum Gasteiger partial charge on any atom is 0.263 e. The van der Waals surface area contributed by atoms with Crippen LogP contribution in [0, 0.1) is 13.8 Å². The van der Waals surface area contributed by atoms with E-state index in [-0.39, 0.29) is 10.8 Å². The van der Waals surface area contributed by atoms with Gasteiger partial charge in [0.1, 0.15) is 0 Å². The van der Waals surface area contributed by atoms with Gasteiger partial charge in [0.05, 0.1) is 10.5 Å². The number of aryl methyl sites for hydroxylation is 1. The Morgan fingerprint density at radius 1 is 1.12 bits per heavy atom. The van der Waals surface area contributed by atoms with Crippen LogP contribution in [0.4, 0.5) is 10.8 Å². The smallest absolute Gasteiger partial charge is 0.263 e. The molecule has 0 saturated carbocycles. The summed E-state index contributed by atoms with van der Waals surface area (Å²) < 4.78 is 26.9. The molecule has 130 valence electrons. The summed E-state index contributed by atoms with van der Waals surface area (Å²) in [6.45, 7) is 3.87. The third-order valence-corrected chi connectivity index (χ3v) is 6.79. The van der Waals surface area contributed by atoms with E-state index in [4.69, 9.17) is 0 Å². The summed E-state index contributed by atoms with van der Waals surface area (Å²) >= 11 is 2.72. The van der Waals surface area contributed by atoms with Gasteiger partial charge in [0.25, 0.3) is 15.9 Å². The number of nitrogens with zero attached hydrogens (tertiary/aromatic N) is 1. The molecule has 0 saturated heterocycles. The van der Waals surface area contributed by atoms with Crippen molar-refractivity contribution in [1.82, 2.24) is 4.98 Å². The fourth-order valence-corrected chi connectivity index (χ4v) is 4.76. The molecule has 0 fully saturated rings. The number of anilines is 2. The van der Waals surface area contributed by atoms with Crippen molar-refractivity contribution in [3.05, 3.63) is 57.2 Å². The van der Waals surface area contributed by atoms with Gasteiger partial charge in [-0.2, -0.15) is 0 Å². The van der Waals surface area contributed by atoms with Crippen LogP contribution in [0.5, 0.6) is 0 Å². The minimum Gasteiger partial charge on any atom is -0.322 e. The topological polar surface area (TPSA) is 88.2 Å². The molecule has 3 rings (SSSR count). The predicted molar refractivity (Wildman–Crippen MR) is 101 cm³/mol. The molecule has 0 bridgehead atoms. The van der Waals surface area contributed by atoms with Gasteiger partial charge in [0, 0.05) is 27.5 Å². The molecule has 6 nitrogen and oxygen atoms in total. The summed E-state index contributed by atoms with van der Waals surface area (Å²) in [5.41, 5.74) is 2.11. The molecule has 0 unspecified atom stereocenters. The van der Waals surface area contributed by atoms with Gasteiger partial charge in [0.2, 0.25) is 0 Å². The Balaban J connectivity index is 1.74. The van der Waals surface area contributed by atoms with Crippen molar-refractivity contribution in [3.63, 3.8) is 0 Å². The van der Waals surface area contributed by atoms with Gasteiger partial charge in [-0.05, 0) is 43.7 Å². The van der Waals surface area contributed by atoms with E-state index in [9.17, 15) is 13.2 Å². The molecule has 9 heteroatoms. The van der Waals surface area contributed by atoms with E-state index in [1.807, 2.05) is 19.2 Å². The lowest BCUT2D eigenvalue weighted by Crippen LogP contribution is -2.14. The summed E-state index contributed by atoms with van der Waals surface area (Å²) in [4.78, 5) is 17.4. The fraction of sp³-hybridized carbons (Fsp3) is 0.125. The number of thiophene rings is 1. The maximum atomic E-state index is 12.3. The first-order valence-corrected chi connectivity index (χ1v) is 10.5. The Kier molecular flexibility index (Phi) is 4.89. The lowest BCUT2D eigenvalue weighted by Gasteiger charge is -2.08. The lowest BCUT2D eigenvalue weighted by molar-refractivity contribution is 0.102. The van der Waals surface area contributed by atoms with Crippen LogP contribution in [0.25, 0.3) is 0 Å². The third kappa shape index (κ3) is 3.89. The second-order valence-electron chi connectivity index (χ2n) is 5.25. The van der Waals surface area contributed by atoms with Crippen LogP contribution in [0.1, 0.15) is 20.8 Å². The fourth-order valence-electron chi connectivity index (χ4n) is 2.10. The monoisotopic (exact) mass is 393 g/mol. The number of hydrogen-bond donors (Lipinski definition) is 2. The second kappa shape index (κ2) is 6.95. The average Bonchev–Trinajstić information content (AvgIpc) is 3.18. The Hall–Kier alpha value is -2.23. The second-order valence-corrected chi connectivity index (χ2v) is 8.91. The van der Waals surface area contributed by atoms with Crippen LogP contribution in [0.15, 0.2) is 46.1 Å². The van der Waals surface area contributed by atoms with Crippen molar-refractivity contribution < 1.29 is 13.2 Å². The zero-order valence-corrected chi connectivity index (χ0v) is 15.9. The van der Waals surface area contributed by atoms with E-state index < -0.39 is 10.0 Å². The molecule has 0 aliphatic carbocycles. The zero-order chi connectivity index (χ0) is 18.0. The molecule has 2 aromatic heterocycles. The Bertz CT molecular complexity index is 991. The summed E-state index contributed by atoms with van der Waals surface area (Å²) in [6, 6.07) is 6.00. The largest absolute Gasteiger partial charge is 0.322 e. The van der Waals surface area contributed by atoms with Crippen LogP contribution >= 0.6 is 22.7 Å². The number of hydrogen-bond acceptors (Lipinski definition) is 6. The standard InChI is InChI=1S/C16H15N3O3S3/c1-10-11(2)24-9-14(10)15(20)18-12-3-5-13(6-4-12)25(21,22)19-16-17-7-8-23-16/h3-9H,1-2H3,(H,17,19)(H,18,20). The first-order chi connectivity index (χ1) is 11.9. The third-order valence-electron chi connectivity index (χ3n) is 3.61. The van der Waals surface area contributed by atoms with Gasteiger partial charge in [-0.15, -0.1) is 22.7 Å². The molecule has 1 aromatic carbocycles. The molecule has 3 aromatic rings. The summed E-state index contributed by atoms with van der Waals surface area (Å²) in [5, 5.41) is 6.59. The van der Waals surface area contributed by atoms with Crippen molar-refractivity contribution in [2.75, 3.05) is 10.0 Å². The molecule has 0 spiro atoms. The van der Waals surface area contributed by atoms with Gasteiger partial charge in [0.15, 0.2) is 5.13 Å². The number of sulfonamides is 1. The van der Waals surface area contributed by atoms with Crippen molar-refractivity contribution in [2.24, 2.45) is 0 Å². The Labute approximate surface area is 153 Å². The van der Waals surface area contributed by atoms with Crippen molar-refractivity contribution in [1.29, 1.82) is 0 Å². The van der Waals surface area contributed by atoms with Gasteiger partial charge in [-0.3, -0.25) is 9.52 Å². The Morgan fingerprint density at radius 2 is 1.84 bits per heavy atom. The first-order valence-electron chi connectivity index (χ1n) is 7.25. The lowest BCUT2D eigenvalue weighted by atomic mass is 10.1. The summed E-state index contributed by atoms with van der Waals surface area (Å²) in [5.74, 6) is -0.210. The van der Waals surface area contributed by atoms with E-state index in [1.54, 1.807) is 17.5 Å². The summed E-state index contributed by atoms with van der Waals surface area (Å²) in [6.07, 6.45) is 1.52. The molecule has 0 radical (unpaired) electrons. The molecule has 1 amide bonds. The van der Waals surface area contributed by atoms with Crippen LogP contribution in [-0.4, -0.2) is 19.3 Å². The van der Waals surface area contributed by atoms with Gasteiger partial charge >= 0.3 is 0 Å². The number of aromatic nitrogens is 1. The highest BCUT2D eigenvalue weighted by atomic mass is 32.2. The average molecular weight is 394 g/mol. The van der Waals surface area contributed by atoms with Gasteiger partial charge < -0.3 is 5.32 Å². The minimum atomic E-state index is -3.70. The zero-order valence-electron chi connectivity index (χ0n) is 13.4. The van der Waals surface area contributed by atoms with Gasteiger partial charge in [-0.1, -0.05) is 0 Å². The van der Waals surface area contributed by atoms with E-state index in [0.717, 1.165) is 10.4 Å². The Morgan fingerprint density at radius 3 is 2.40 bits per heavy atom. The number of rotatable bonds is 5. The SMILES string of the molecule is Cc1scc(C(=O)Nc2ccc(S(=O)(=O)Nc3nccs3)cc2)c1C. The van der Waals surface area contributed by atoms with Gasteiger partial charge in [-0.25, -0.2) is 13.4 Å². The predicted octanol–water partition coefficient (Wildman–Crippen LogP) is 3.87. The van der Waals surface area contributed by atoms with Crippen LogP contribution < -0.4 is 10.0 Å². The number of amides is 1.